The average molecular weight is 341 g/mol. The molecule has 1 aliphatic rings. The van der Waals surface area contributed by atoms with Crippen LogP contribution in [0.2, 0.25) is 0 Å². The first-order valence-electron chi connectivity index (χ1n) is 8.25. The van der Waals surface area contributed by atoms with Crippen LogP contribution in [0.5, 0.6) is 0 Å². The van der Waals surface area contributed by atoms with E-state index in [2.05, 4.69) is 14.5 Å². The highest BCUT2D eigenvalue weighted by Crippen LogP contribution is 2.31. The minimum absolute atomic E-state index is 0.379. The minimum atomic E-state index is -4.51. The molecule has 3 rings (SSSR count). The third-order valence-corrected chi connectivity index (χ3v) is 4.90. The molecule has 7 heteroatoms. The number of imidazole rings is 1. The summed E-state index contributed by atoms with van der Waals surface area (Å²) in [6.07, 6.45) is -5.95. The Morgan fingerprint density at radius 1 is 1.21 bits per heavy atom. The van der Waals surface area contributed by atoms with Crippen LogP contribution >= 0.6 is 0 Å². The summed E-state index contributed by atoms with van der Waals surface area (Å²) in [5.41, 5.74) is 2.04. The number of hydrogen-bond acceptors (Lipinski definition) is 3. The number of aromatic nitrogens is 2. The molecule has 0 radical (unpaired) electrons. The largest absolute Gasteiger partial charge is 0.414 e. The normalized spacial score (nSPS) is 19.0. The van der Waals surface area contributed by atoms with E-state index in [0.717, 1.165) is 29.9 Å². The Morgan fingerprint density at radius 3 is 2.54 bits per heavy atom. The highest BCUT2D eigenvalue weighted by Gasteiger charge is 2.44. The lowest BCUT2D eigenvalue weighted by Gasteiger charge is -2.34. The molecule has 1 aliphatic heterocycles. The van der Waals surface area contributed by atoms with Crippen molar-refractivity contribution in [2.45, 2.75) is 38.6 Å². The fraction of sp³-hybridized carbons (Fsp3) is 0.588. The molecule has 132 valence electrons. The molecule has 2 aromatic rings. The second kappa shape index (κ2) is 6.72. The van der Waals surface area contributed by atoms with Gasteiger partial charge in [0.15, 0.2) is 6.10 Å². The molecule has 1 unspecified atom stereocenters. The number of alkyl halides is 3. The van der Waals surface area contributed by atoms with Crippen LogP contribution in [-0.4, -0.2) is 51.5 Å². The first-order valence-corrected chi connectivity index (χ1v) is 8.25. The van der Waals surface area contributed by atoms with E-state index in [-0.39, 0.29) is 0 Å². The predicted octanol–water partition coefficient (Wildman–Crippen LogP) is 2.98. The van der Waals surface area contributed by atoms with Gasteiger partial charge in [0.1, 0.15) is 5.82 Å². The van der Waals surface area contributed by atoms with E-state index in [1.807, 2.05) is 31.2 Å². The van der Waals surface area contributed by atoms with Crippen LogP contribution in [0, 0.1) is 12.8 Å². The number of rotatable bonds is 4. The molecule has 0 bridgehead atoms. The van der Waals surface area contributed by atoms with E-state index in [1.54, 1.807) is 0 Å². The molecule has 0 amide bonds. The van der Waals surface area contributed by atoms with Crippen LogP contribution in [0.1, 0.15) is 18.7 Å². The molecule has 0 spiro atoms. The summed E-state index contributed by atoms with van der Waals surface area (Å²) in [6, 6.07) is 7.93. The van der Waals surface area contributed by atoms with Gasteiger partial charge in [0.05, 0.1) is 11.0 Å². The van der Waals surface area contributed by atoms with E-state index >= 15 is 0 Å². The SMILES string of the molecule is Cc1nc2ccccc2n1CCN1CCC(C(O)C(F)(F)F)CC1. The number of nitrogens with zero attached hydrogens (tertiary/aromatic N) is 3. The molecule has 1 fully saturated rings. The lowest BCUT2D eigenvalue weighted by Crippen LogP contribution is -2.44. The topological polar surface area (TPSA) is 41.3 Å². The minimum Gasteiger partial charge on any atom is -0.383 e. The third kappa shape index (κ3) is 3.57. The van der Waals surface area contributed by atoms with Crippen molar-refractivity contribution < 1.29 is 18.3 Å². The van der Waals surface area contributed by atoms with Gasteiger partial charge in [-0.15, -0.1) is 0 Å². The van der Waals surface area contributed by atoms with Crippen LogP contribution in [0.25, 0.3) is 11.0 Å². The number of para-hydroxylation sites is 2. The number of benzene rings is 1. The standard InChI is InChI=1S/C17H22F3N3O/c1-12-21-14-4-2-3-5-15(14)23(12)11-10-22-8-6-13(7-9-22)16(24)17(18,19)20/h2-5,13,16,24H,6-11H2,1H3. The molecule has 1 aromatic carbocycles. The number of piperidine rings is 1. The summed E-state index contributed by atoms with van der Waals surface area (Å²) >= 11 is 0. The molecule has 1 saturated heterocycles. The van der Waals surface area contributed by atoms with Gasteiger partial charge in [-0.25, -0.2) is 4.98 Å². The lowest BCUT2D eigenvalue weighted by molar-refractivity contribution is -0.223. The number of likely N-dealkylation sites (tertiary alicyclic amines) is 1. The first kappa shape index (κ1) is 17.2. The van der Waals surface area contributed by atoms with Gasteiger partial charge in [0.2, 0.25) is 0 Å². The van der Waals surface area contributed by atoms with Gasteiger partial charge in [-0.05, 0) is 50.9 Å². The van der Waals surface area contributed by atoms with E-state index in [0.29, 0.717) is 25.9 Å². The quantitative estimate of drug-likeness (QED) is 0.930. The van der Waals surface area contributed by atoms with Crippen molar-refractivity contribution in [2.24, 2.45) is 5.92 Å². The van der Waals surface area contributed by atoms with Gasteiger partial charge in [-0.2, -0.15) is 13.2 Å². The summed E-state index contributed by atoms with van der Waals surface area (Å²) in [5, 5.41) is 9.38. The van der Waals surface area contributed by atoms with E-state index in [1.165, 1.54) is 0 Å². The maximum atomic E-state index is 12.6. The number of aliphatic hydroxyl groups is 1. The van der Waals surface area contributed by atoms with E-state index < -0.39 is 18.2 Å². The first-order chi connectivity index (χ1) is 11.4. The van der Waals surface area contributed by atoms with Crippen molar-refractivity contribution in [1.82, 2.24) is 14.5 Å². The maximum Gasteiger partial charge on any atom is 0.414 e. The van der Waals surface area contributed by atoms with Crippen molar-refractivity contribution in [3.63, 3.8) is 0 Å². The number of aryl methyl sites for hydroxylation is 1. The summed E-state index contributed by atoms with van der Waals surface area (Å²) < 4.78 is 39.9. The van der Waals surface area contributed by atoms with E-state index in [9.17, 15) is 18.3 Å². The molecule has 2 heterocycles. The molecule has 1 N–H and O–H groups in total. The second-order valence-electron chi connectivity index (χ2n) is 6.46. The van der Waals surface area contributed by atoms with Gasteiger partial charge in [0.25, 0.3) is 0 Å². The summed E-state index contributed by atoms with van der Waals surface area (Å²) in [6.45, 7) is 4.67. The Balaban J connectivity index is 1.56. The number of aliphatic hydroxyl groups excluding tert-OH is 1. The highest BCUT2D eigenvalue weighted by atomic mass is 19.4. The third-order valence-electron chi connectivity index (χ3n) is 4.90. The molecule has 0 aliphatic carbocycles. The van der Waals surface area contributed by atoms with Crippen LogP contribution < -0.4 is 0 Å². The van der Waals surface area contributed by atoms with Gasteiger partial charge in [0, 0.05) is 13.1 Å². The van der Waals surface area contributed by atoms with Crippen molar-refractivity contribution in [1.29, 1.82) is 0 Å². The lowest BCUT2D eigenvalue weighted by atomic mass is 9.91. The van der Waals surface area contributed by atoms with Gasteiger partial charge >= 0.3 is 6.18 Å². The molecule has 4 nitrogen and oxygen atoms in total. The van der Waals surface area contributed by atoms with Crippen molar-refractivity contribution in [3.8, 4) is 0 Å². The molecule has 24 heavy (non-hydrogen) atoms. The van der Waals surface area contributed by atoms with E-state index in [4.69, 9.17) is 0 Å². The fourth-order valence-corrected chi connectivity index (χ4v) is 3.48. The van der Waals surface area contributed by atoms with Gasteiger partial charge in [-0.3, -0.25) is 0 Å². The second-order valence-corrected chi connectivity index (χ2v) is 6.46. The van der Waals surface area contributed by atoms with Gasteiger partial charge in [-0.1, -0.05) is 12.1 Å². The smallest absolute Gasteiger partial charge is 0.383 e. The summed E-state index contributed by atoms with van der Waals surface area (Å²) in [4.78, 5) is 6.69. The number of hydrogen-bond donors (Lipinski definition) is 1. The predicted molar refractivity (Wildman–Crippen MR) is 85.7 cm³/mol. The number of fused-ring (bicyclic) bond motifs is 1. The molecular formula is C17H22F3N3O. The van der Waals surface area contributed by atoms with Crippen molar-refractivity contribution in [3.05, 3.63) is 30.1 Å². The van der Waals surface area contributed by atoms with Crippen LogP contribution in [-0.2, 0) is 6.54 Å². The summed E-state index contributed by atoms with van der Waals surface area (Å²) in [5.74, 6) is 0.260. The number of halogens is 3. The van der Waals surface area contributed by atoms with Crippen molar-refractivity contribution >= 4 is 11.0 Å². The zero-order valence-corrected chi connectivity index (χ0v) is 13.6. The Hall–Kier alpha value is -1.60. The highest BCUT2D eigenvalue weighted by molar-refractivity contribution is 5.75. The summed E-state index contributed by atoms with van der Waals surface area (Å²) in [7, 11) is 0. The Bertz CT molecular complexity index is 690. The molecule has 1 aromatic heterocycles. The van der Waals surface area contributed by atoms with Gasteiger partial charge < -0.3 is 14.6 Å². The zero-order valence-electron chi connectivity index (χ0n) is 13.6. The molecular weight excluding hydrogens is 319 g/mol. The maximum absolute atomic E-state index is 12.6. The Labute approximate surface area is 138 Å². The monoisotopic (exact) mass is 341 g/mol. The average Bonchev–Trinajstić information content (AvgIpc) is 2.87. The molecule has 0 saturated carbocycles. The van der Waals surface area contributed by atoms with Crippen LogP contribution in [0.3, 0.4) is 0 Å². The Morgan fingerprint density at radius 2 is 1.88 bits per heavy atom. The zero-order chi connectivity index (χ0) is 17.3. The van der Waals surface area contributed by atoms with Crippen LogP contribution in [0.4, 0.5) is 13.2 Å². The Kier molecular flexibility index (Phi) is 4.83. The molecule has 1 atom stereocenters. The van der Waals surface area contributed by atoms with Crippen LogP contribution in [0.15, 0.2) is 24.3 Å². The van der Waals surface area contributed by atoms with Crippen molar-refractivity contribution in [2.75, 3.05) is 19.6 Å². The fourth-order valence-electron chi connectivity index (χ4n) is 3.48.